The molecule has 23 heavy (non-hydrogen) atoms. The molecule has 1 aliphatic heterocycles. The minimum Gasteiger partial charge on any atom is -0.385 e. The van der Waals surface area contributed by atoms with Crippen molar-refractivity contribution in [3.8, 4) is 0 Å². The molecule has 0 aromatic carbocycles. The van der Waals surface area contributed by atoms with Crippen LogP contribution < -0.4 is 5.32 Å². The fourth-order valence-corrected chi connectivity index (χ4v) is 7.11. The van der Waals surface area contributed by atoms with Gasteiger partial charge in [0.15, 0.2) is 5.78 Å². The van der Waals surface area contributed by atoms with Crippen molar-refractivity contribution in [3.05, 3.63) is 11.6 Å². The Bertz CT molecular complexity index is 570. The van der Waals surface area contributed by atoms with Crippen molar-refractivity contribution in [1.29, 1.82) is 0 Å². The predicted molar refractivity (Wildman–Crippen MR) is 88.8 cm³/mol. The van der Waals surface area contributed by atoms with Crippen molar-refractivity contribution in [2.24, 2.45) is 29.6 Å². The third kappa shape index (κ3) is 1.93. The van der Waals surface area contributed by atoms with E-state index in [1.54, 1.807) is 0 Å². The molecule has 0 unspecified atom stereocenters. The van der Waals surface area contributed by atoms with Crippen LogP contribution in [0.25, 0.3) is 0 Å². The molecule has 4 aliphatic carbocycles. The van der Waals surface area contributed by atoms with Crippen LogP contribution in [0.5, 0.6) is 0 Å². The molecule has 0 amide bonds. The second kappa shape index (κ2) is 4.92. The summed E-state index contributed by atoms with van der Waals surface area (Å²) in [5, 5.41) is 15.4. The second-order valence-electron chi connectivity index (χ2n) is 9.06. The van der Waals surface area contributed by atoms with E-state index in [0.717, 1.165) is 31.3 Å². The van der Waals surface area contributed by atoms with Gasteiger partial charge in [0.2, 0.25) is 0 Å². The maximum atomic E-state index is 12.7. The highest BCUT2D eigenvalue weighted by molar-refractivity contribution is 5.94. The number of hydrogen-bond donors (Lipinski definition) is 2. The minimum atomic E-state index is -0.691. The van der Waals surface area contributed by atoms with E-state index >= 15 is 0 Å². The van der Waals surface area contributed by atoms with Crippen LogP contribution in [0.15, 0.2) is 11.6 Å². The molecule has 0 aromatic rings. The summed E-state index contributed by atoms with van der Waals surface area (Å²) in [5.41, 5.74) is 0.461. The fourth-order valence-electron chi connectivity index (χ4n) is 7.11. The maximum absolute atomic E-state index is 12.7. The number of fused-ring (bicyclic) bond motifs is 9. The third-order valence-electron chi connectivity index (χ3n) is 7.95. The maximum Gasteiger partial charge on any atom is 0.159 e. The molecule has 126 valence electrons. The molecule has 4 fully saturated rings. The van der Waals surface area contributed by atoms with Gasteiger partial charge in [-0.25, -0.2) is 0 Å². The molecule has 5 aliphatic rings. The van der Waals surface area contributed by atoms with Gasteiger partial charge in [0.05, 0.1) is 5.60 Å². The lowest BCUT2D eigenvalue weighted by molar-refractivity contribution is -0.122. The van der Waals surface area contributed by atoms with Crippen molar-refractivity contribution >= 4 is 5.78 Å². The quantitative estimate of drug-likeness (QED) is 0.723. The van der Waals surface area contributed by atoms with E-state index in [1.807, 2.05) is 6.08 Å². The van der Waals surface area contributed by atoms with Gasteiger partial charge in [-0.3, -0.25) is 4.79 Å². The van der Waals surface area contributed by atoms with E-state index in [0.29, 0.717) is 41.5 Å². The topological polar surface area (TPSA) is 49.3 Å². The van der Waals surface area contributed by atoms with Crippen molar-refractivity contribution < 1.29 is 9.90 Å². The number of piperidine rings is 1. The van der Waals surface area contributed by atoms with Gasteiger partial charge in [-0.05, 0) is 74.9 Å². The van der Waals surface area contributed by atoms with E-state index in [-0.39, 0.29) is 5.92 Å². The van der Waals surface area contributed by atoms with Crippen LogP contribution in [0.3, 0.4) is 0 Å². The zero-order valence-electron chi connectivity index (χ0n) is 14.1. The van der Waals surface area contributed by atoms with Crippen molar-refractivity contribution in [3.63, 3.8) is 0 Å². The molecule has 0 spiro atoms. The lowest BCUT2D eigenvalue weighted by Crippen LogP contribution is -2.57. The van der Waals surface area contributed by atoms with Gasteiger partial charge in [-0.1, -0.05) is 12.8 Å². The van der Waals surface area contributed by atoms with Gasteiger partial charge in [0.25, 0.3) is 0 Å². The Kier molecular flexibility index (Phi) is 3.13. The normalized spacial score (nSPS) is 54.8. The smallest absolute Gasteiger partial charge is 0.159 e. The molecule has 8 atom stereocenters. The SMILES string of the molecule is C[C@H]1CC[C@@H]2[C@@H](C[C@H]3C[C@]2(O)C2=CC(=O)[C@@H]4CCCC[C@H]4[C@@H]23)N1. The van der Waals surface area contributed by atoms with Gasteiger partial charge in [0, 0.05) is 23.9 Å². The summed E-state index contributed by atoms with van der Waals surface area (Å²) in [7, 11) is 0. The van der Waals surface area contributed by atoms with Crippen LogP contribution in [0, 0.1) is 29.6 Å². The predicted octanol–water partition coefficient (Wildman–Crippen LogP) is 2.83. The lowest BCUT2D eigenvalue weighted by Gasteiger charge is -2.47. The van der Waals surface area contributed by atoms with Crippen LogP contribution >= 0.6 is 0 Å². The molecule has 0 radical (unpaired) electrons. The highest BCUT2D eigenvalue weighted by Gasteiger charge is 2.62. The van der Waals surface area contributed by atoms with Gasteiger partial charge >= 0.3 is 0 Å². The zero-order chi connectivity index (χ0) is 15.8. The number of aliphatic hydroxyl groups is 1. The molecule has 0 aromatic heterocycles. The number of nitrogens with one attached hydrogen (secondary N) is 1. The summed E-state index contributed by atoms with van der Waals surface area (Å²) in [6.45, 7) is 2.27. The fraction of sp³-hybridized carbons (Fsp3) is 0.850. The monoisotopic (exact) mass is 315 g/mol. The third-order valence-corrected chi connectivity index (χ3v) is 7.95. The first-order valence-corrected chi connectivity index (χ1v) is 9.82. The van der Waals surface area contributed by atoms with Crippen LogP contribution in [0.2, 0.25) is 0 Å². The number of allylic oxidation sites excluding steroid dienone is 1. The van der Waals surface area contributed by atoms with E-state index in [9.17, 15) is 9.90 Å². The Labute approximate surface area is 138 Å². The van der Waals surface area contributed by atoms with Crippen LogP contribution in [0.1, 0.15) is 58.3 Å². The number of carbonyl (C=O) groups excluding carboxylic acids is 1. The standard InChI is InChI=1S/C20H29NO2/c1-11-6-7-15-17(21-11)8-12-10-20(15,23)16-9-18(22)13-4-2-3-5-14(13)19(12)16/h9,11-15,17,19,21,23H,2-8,10H2,1H3/t11-,12-,13+,14+,15+,17+,19-,20+/m0/s1. The first-order chi connectivity index (χ1) is 11.1. The van der Waals surface area contributed by atoms with Crippen LogP contribution in [-0.2, 0) is 4.79 Å². The molecule has 1 heterocycles. The zero-order valence-corrected chi connectivity index (χ0v) is 14.1. The summed E-state index contributed by atoms with van der Waals surface area (Å²) in [6, 6.07) is 1.02. The summed E-state index contributed by atoms with van der Waals surface area (Å²) in [6.07, 6.45) is 11.0. The van der Waals surface area contributed by atoms with Gasteiger partial charge < -0.3 is 10.4 Å². The first-order valence-electron chi connectivity index (χ1n) is 9.82. The highest BCUT2D eigenvalue weighted by Crippen LogP contribution is 2.62. The Morgan fingerprint density at radius 2 is 2.04 bits per heavy atom. The molecule has 3 nitrogen and oxygen atoms in total. The van der Waals surface area contributed by atoms with Crippen molar-refractivity contribution in [2.75, 3.05) is 0 Å². The number of rotatable bonds is 0. The molecule has 3 saturated carbocycles. The first kappa shape index (κ1) is 14.7. The van der Waals surface area contributed by atoms with E-state index in [2.05, 4.69) is 12.2 Å². The molecule has 2 N–H and O–H groups in total. The highest BCUT2D eigenvalue weighted by atomic mass is 16.3. The number of hydrogen-bond acceptors (Lipinski definition) is 3. The van der Waals surface area contributed by atoms with Crippen molar-refractivity contribution in [2.45, 2.75) is 76.0 Å². The van der Waals surface area contributed by atoms with Crippen LogP contribution in [0.4, 0.5) is 0 Å². The summed E-state index contributed by atoms with van der Waals surface area (Å²) in [4.78, 5) is 12.7. The molecular weight excluding hydrogens is 286 g/mol. The van der Waals surface area contributed by atoms with E-state index < -0.39 is 5.60 Å². The van der Waals surface area contributed by atoms with Crippen LogP contribution in [-0.4, -0.2) is 28.6 Å². The van der Waals surface area contributed by atoms with Gasteiger partial charge in [-0.2, -0.15) is 0 Å². The van der Waals surface area contributed by atoms with E-state index in [1.165, 1.54) is 25.7 Å². The van der Waals surface area contributed by atoms with Gasteiger partial charge in [-0.15, -0.1) is 0 Å². The molecule has 2 bridgehead atoms. The Morgan fingerprint density at radius 3 is 2.91 bits per heavy atom. The lowest BCUT2D eigenvalue weighted by atomic mass is 9.63. The number of carbonyl (C=O) groups is 1. The Balaban J connectivity index is 1.57. The number of ketones is 1. The van der Waals surface area contributed by atoms with E-state index in [4.69, 9.17) is 0 Å². The average Bonchev–Trinajstić information content (AvgIpc) is 2.76. The molecule has 3 heteroatoms. The summed E-state index contributed by atoms with van der Waals surface area (Å²) < 4.78 is 0. The minimum absolute atomic E-state index is 0.259. The largest absolute Gasteiger partial charge is 0.385 e. The molecule has 1 saturated heterocycles. The van der Waals surface area contributed by atoms with Crippen molar-refractivity contribution in [1.82, 2.24) is 5.32 Å². The second-order valence-corrected chi connectivity index (χ2v) is 9.06. The molecular formula is C20H29NO2. The van der Waals surface area contributed by atoms with Gasteiger partial charge in [0.1, 0.15) is 0 Å². The Morgan fingerprint density at radius 1 is 1.22 bits per heavy atom. The Hall–Kier alpha value is -0.670. The summed E-state index contributed by atoms with van der Waals surface area (Å²) >= 11 is 0. The average molecular weight is 315 g/mol. The molecule has 5 rings (SSSR count). The summed E-state index contributed by atoms with van der Waals surface area (Å²) in [5.74, 6) is 2.51.